The number of unbranched alkanes of at least 4 members (excludes halogenated alkanes) is 5. The van der Waals surface area contributed by atoms with Gasteiger partial charge in [0.05, 0.1) is 18.1 Å². The third-order valence-corrected chi connectivity index (χ3v) is 6.29. The van der Waals surface area contributed by atoms with Gasteiger partial charge < -0.3 is 14.2 Å². The quantitative estimate of drug-likeness (QED) is 0.383. The van der Waals surface area contributed by atoms with Gasteiger partial charge in [0.15, 0.2) is 0 Å². The number of aryl methyl sites for hydroxylation is 1. The van der Waals surface area contributed by atoms with Crippen LogP contribution in [0.1, 0.15) is 63.6 Å². The Hall–Kier alpha value is -2.82. The van der Waals surface area contributed by atoms with E-state index in [0.717, 1.165) is 35.7 Å². The fraction of sp³-hybridized carbons (Fsp3) is 0.462. The van der Waals surface area contributed by atoms with Crippen molar-refractivity contribution in [1.82, 2.24) is 9.55 Å². The number of amides is 1. The van der Waals surface area contributed by atoms with E-state index in [9.17, 15) is 4.79 Å². The minimum atomic E-state index is 0.113. The summed E-state index contributed by atoms with van der Waals surface area (Å²) in [6.07, 6.45) is 8.12. The van der Waals surface area contributed by atoms with E-state index in [4.69, 9.17) is 9.72 Å². The Bertz CT molecular complexity index is 1010. The fourth-order valence-electron chi connectivity index (χ4n) is 4.58. The predicted molar refractivity (Wildman–Crippen MR) is 126 cm³/mol. The number of para-hydroxylation sites is 2. The molecule has 1 fully saturated rings. The highest BCUT2D eigenvalue weighted by molar-refractivity contribution is 5.96. The van der Waals surface area contributed by atoms with Gasteiger partial charge in [0, 0.05) is 31.1 Å². The van der Waals surface area contributed by atoms with Gasteiger partial charge in [-0.2, -0.15) is 0 Å². The molecule has 0 saturated carbocycles. The van der Waals surface area contributed by atoms with Gasteiger partial charge in [-0.15, -0.1) is 0 Å². The zero-order valence-electron chi connectivity index (χ0n) is 18.7. The summed E-state index contributed by atoms with van der Waals surface area (Å²) < 4.78 is 7.62. The Kier molecular flexibility index (Phi) is 6.90. The van der Waals surface area contributed by atoms with Crippen LogP contribution in [0.5, 0.6) is 5.75 Å². The molecule has 0 spiro atoms. The van der Waals surface area contributed by atoms with Crippen molar-refractivity contribution >= 4 is 22.6 Å². The molecule has 2 heterocycles. The number of carbonyl (C=O) groups excluding carboxylic acids is 1. The number of aromatic nitrogens is 2. The van der Waals surface area contributed by atoms with Crippen molar-refractivity contribution in [2.45, 2.75) is 64.3 Å². The molecule has 5 heteroatoms. The second-order valence-electron chi connectivity index (χ2n) is 8.48. The largest absolute Gasteiger partial charge is 0.497 e. The number of methoxy groups -OCH3 is 1. The maximum Gasteiger partial charge on any atom is 0.227 e. The number of imidazole rings is 1. The first-order valence-corrected chi connectivity index (χ1v) is 11.6. The van der Waals surface area contributed by atoms with Crippen molar-refractivity contribution < 1.29 is 9.53 Å². The van der Waals surface area contributed by atoms with Crippen LogP contribution in [-0.2, 0) is 11.3 Å². The summed E-state index contributed by atoms with van der Waals surface area (Å²) in [7, 11) is 1.65. The minimum absolute atomic E-state index is 0.113. The molecule has 1 amide bonds. The number of benzene rings is 2. The van der Waals surface area contributed by atoms with Crippen molar-refractivity contribution in [3.63, 3.8) is 0 Å². The molecule has 4 rings (SSSR count). The van der Waals surface area contributed by atoms with E-state index < -0.39 is 0 Å². The van der Waals surface area contributed by atoms with Crippen LogP contribution in [0.4, 0.5) is 5.69 Å². The molecule has 3 aromatic rings. The average molecular weight is 420 g/mol. The molecule has 0 radical (unpaired) electrons. The molecule has 0 bridgehead atoms. The molecule has 1 saturated heterocycles. The average Bonchev–Trinajstić information content (AvgIpc) is 3.37. The van der Waals surface area contributed by atoms with E-state index in [0.29, 0.717) is 13.0 Å². The molecule has 1 atom stereocenters. The molecular formula is C26H33N3O2. The summed E-state index contributed by atoms with van der Waals surface area (Å²) >= 11 is 0. The summed E-state index contributed by atoms with van der Waals surface area (Å²) in [6.45, 7) is 3.89. The van der Waals surface area contributed by atoms with Crippen LogP contribution in [0.3, 0.4) is 0 Å². The lowest BCUT2D eigenvalue weighted by Crippen LogP contribution is -2.24. The van der Waals surface area contributed by atoms with Crippen molar-refractivity contribution in [1.29, 1.82) is 0 Å². The molecule has 0 aliphatic carbocycles. The topological polar surface area (TPSA) is 47.4 Å². The van der Waals surface area contributed by atoms with Crippen molar-refractivity contribution in [3.05, 3.63) is 54.4 Å². The second kappa shape index (κ2) is 9.99. The maximum absolute atomic E-state index is 12.9. The van der Waals surface area contributed by atoms with Gasteiger partial charge in [-0.3, -0.25) is 4.79 Å². The standard InChI is InChI=1S/C26H33N3O2/c1-3-4-5-6-7-10-17-28-24-12-9-8-11-23(24)27-26(28)20-18-25(30)29(19-20)21-13-15-22(31-2)16-14-21/h8-9,11-16,20H,3-7,10,17-19H2,1-2H3/t20-/m0/s1. The van der Waals surface area contributed by atoms with Crippen molar-refractivity contribution in [3.8, 4) is 5.75 Å². The Morgan fingerprint density at radius 3 is 2.52 bits per heavy atom. The zero-order chi connectivity index (χ0) is 21.6. The molecule has 0 N–H and O–H groups in total. The van der Waals surface area contributed by atoms with Crippen LogP contribution in [0.15, 0.2) is 48.5 Å². The first-order valence-electron chi connectivity index (χ1n) is 11.6. The van der Waals surface area contributed by atoms with Crippen LogP contribution in [0.2, 0.25) is 0 Å². The van der Waals surface area contributed by atoms with Gasteiger partial charge >= 0.3 is 0 Å². The molecule has 5 nitrogen and oxygen atoms in total. The van der Waals surface area contributed by atoms with Gasteiger partial charge in [0.2, 0.25) is 5.91 Å². The number of ether oxygens (including phenoxy) is 1. The lowest BCUT2D eigenvalue weighted by Gasteiger charge is -2.18. The van der Waals surface area contributed by atoms with Gasteiger partial charge in [-0.1, -0.05) is 51.2 Å². The first kappa shape index (κ1) is 21.4. The molecule has 1 aliphatic rings. The summed E-state index contributed by atoms with van der Waals surface area (Å²) in [5, 5.41) is 0. The molecule has 1 aliphatic heterocycles. The molecule has 1 aromatic heterocycles. The number of carbonyl (C=O) groups is 1. The molecular weight excluding hydrogens is 386 g/mol. The van der Waals surface area contributed by atoms with Crippen LogP contribution >= 0.6 is 0 Å². The van der Waals surface area contributed by atoms with Gasteiger partial charge in [0.1, 0.15) is 11.6 Å². The number of rotatable bonds is 10. The van der Waals surface area contributed by atoms with Gasteiger partial charge in [-0.05, 0) is 42.8 Å². The third kappa shape index (κ3) is 4.76. The summed E-state index contributed by atoms with van der Waals surface area (Å²) in [5.41, 5.74) is 3.13. The fourth-order valence-corrected chi connectivity index (χ4v) is 4.58. The van der Waals surface area contributed by atoms with E-state index in [-0.39, 0.29) is 11.8 Å². The number of hydrogen-bond donors (Lipinski definition) is 0. The van der Waals surface area contributed by atoms with E-state index in [2.05, 4.69) is 29.7 Å². The van der Waals surface area contributed by atoms with Gasteiger partial charge in [-0.25, -0.2) is 4.98 Å². The van der Waals surface area contributed by atoms with Crippen LogP contribution in [0, 0.1) is 0 Å². The van der Waals surface area contributed by atoms with Crippen LogP contribution in [0.25, 0.3) is 11.0 Å². The van der Waals surface area contributed by atoms with Crippen molar-refractivity contribution in [2.75, 3.05) is 18.6 Å². The van der Waals surface area contributed by atoms with E-state index in [1.54, 1.807) is 7.11 Å². The zero-order valence-corrected chi connectivity index (χ0v) is 18.7. The van der Waals surface area contributed by atoms with Crippen LogP contribution < -0.4 is 9.64 Å². The van der Waals surface area contributed by atoms with Crippen LogP contribution in [-0.4, -0.2) is 29.1 Å². The number of nitrogens with zero attached hydrogens (tertiary/aromatic N) is 3. The summed E-state index contributed by atoms with van der Waals surface area (Å²) in [6, 6.07) is 16.1. The van der Waals surface area contributed by atoms with E-state index in [1.807, 2.05) is 35.2 Å². The predicted octanol–water partition coefficient (Wildman–Crippen LogP) is 5.93. The number of hydrogen-bond acceptors (Lipinski definition) is 3. The smallest absolute Gasteiger partial charge is 0.227 e. The highest BCUT2D eigenvalue weighted by Gasteiger charge is 2.34. The molecule has 31 heavy (non-hydrogen) atoms. The first-order chi connectivity index (χ1) is 15.2. The molecule has 0 unspecified atom stereocenters. The highest BCUT2D eigenvalue weighted by Crippen LogP contribution is 2.34. The number of fused-ring (bicyclic) bond motifs is 1. The lowest BCUT2D eigenvalue weighted by atomic mass is 10.1. The third-order valence-electron chi connectivity index (χ3n) is 6.29. The SMILES string of the molecule is CCCCCCCCn1c([C@H]2CC(=O)N(c3ccc(OC)cc3)C2)nc2ccccc21. The summed E-state index contributed by atoms with van der Waals surface area (Å²) in [5.74, 6) is 2.13. The Balaban J connectivity index is 1.52. The second-order valence-corrected chi connectivity index (χ2v) is 8.48. The monoisotopic (exact) mass is 419 g/mol. The van der Waals surface area contributed by atoms with Gasteiger partial charge in [0.25, 0.3) is 0 Å². The Morgan fingerprint density at radius 1 is 1.00 bits per heavy atom. The molecule has 2 aromatic carbocycles. The lowest BCUT2D eigenvalue weighted by molar-refractivity contribution is -0.117. The summed E-state index contributed by atoms with van der Waals surface area (Å²) in [4.78, 5) is 19.7. The maximum atomic E-state index is 12.9. The van der Waals surface area contributed by atoms with Crippen molar-refractivity contribution in [2.24, 2.45) is 0 Å². The highest BCUT2D eigenvalue weighted by atomic mass is 16.5. The Morgan fingerprint density at radius 2 is 1.74 bits per heavy atom. The normalized spacial score (nSPS) is 16.4. The molecule has 164 valence electrons. The van der Waals surface area contributed by atoms with E-state index in [1.165, 1.54) is 37.6 Å². The number of anilines is 1. The van der Waals surface area contributed by atoms with E-state index >= 15 is 0 Å². The minimum Gasteiger partial charge on any atom is -0.497 e. The Labute approximate surface area is 185 Å².